The number of hydrogen-bond acceptors (Lipinski definition) is 2. The number of nitrogens with one attached hydrogen (secondary N) is 1. The van der Waals surface area contributed by atoms with Gasteiger partial charge in [0.05, 0.1) is 6.26 Å². The van der Waals surface area contributed by atoms with Crippen LogP contribution in [0.4, 0.5) is 4.39 Å². The van der Waals surface area contributed by atoms with E-state index in [1.165, 1.54) is 6.26 Å². The number of halogens is 1. The molecule has 2 rings (SSSR count). The van der Waals surface area contributed by atoms with Crippen molar-refractivity contribution < 1.29 is 8.81 Å². The lowest BCUT2D eigenvalue weighted by atomic mass is 9.83. The third-order valence-corrected chi connectivity index (χ3v) is 2.83. The molecule has 2 nitrogen and oxygen atoms in total. The lowest BCUT2D eigenvalue weighted by Crippen LogP contribution is -2.43. The second-order valence-electron chi connectivity index (χ2n) is 3.69. The molecule has 72 valence electrons. The molecule has 2 atom stereocenters. The fourth-order valence-electron chi connectivity index (χ4n) is 1.88. The Balaban J connectivity index is 2.27. The van der Waals surface area contributed by atoms with E-state index < -0.39 is 5.67 Å². The van der Waals surface area contributed by atoms with E-state index >= 15 is 0 Å². The van der Waals surface area contributed by atoms with Crippen LogP contribution >= 0.6 is 0 Å². The lowest BCUT2D eigenvalue weighted by molar-refractivity contribution is 0.0321. The first-order valence-electron chi connectivity index (χ1n) is 4.67. The van der Waals surface area contributed by atoms with Gasteiger partial charge in [-0.2, -0.15) is 0 Å². The topological polar surface area (TPSA) is 25.2 Å². The minimum Gasteiger partial charge on any atom is -0.466 e. The Morgan fingerprint density at radius 1 is 1.69 bits per heavy atom. The lowest BCUT2D eigenvalue weighted by Gasteiger charge is -2.34. The van der Waals surface area contributed by atoms with Gasteiger partial charge in [-0.05, 0) is 18.7 Å². The molecule has 1 saturated heterocycles. The first-order chi connectivity index (χ1) is 6.23. The van der Waals surface area contributed by atoms with E-state index in [1.807, 2.05) is 6.92 Å². The summed E-state index contributed by atoms with van der Waals surface area (Å²) < 4.78 is 19.5. The van der Waals surface area contributed by atoms with Crippen LogP contribution in [0.3, 0.4) is 0 Å². The summed E-state index contributed by atoms with van der Waals surface area (Å²) in [5.74, 6) is 0.453. The third-order valence-electron chi connectivity index (χ3n) is 2.83. The van der Waals surface area contributed by atoms with Crippen molar-refractivity contribution >= 4 is 0 Å². The van der Waals surface area contributed by atoms with E-state index in [1.54, 1.807) is 12.1 Å². The zero-order chi connectivity index (χ0) is 9.31. The number of rotatable bonds is 1. The van der Waals surface area contributed by atoms with Crippen molar-refractivity contribution in [3.05, 3.63) is 24.2 Å². The predicted octanol–water partition coefficient (Wildman–Crippen LogP) is 2.07. The Hall–Kier alpha value is -0.830. The number of piperidine rings is 1. The SMILES string of the molecule is CC1CNCCC1(F)c1ccco1. The van der Waals surface area contributed by atoms with Crippen LogP contribution in [0, 0.1) is 5.92 Å². The molecule has 0 bridgehead atoms. The maximum atomic E-state index is 14.4. The molecule has 0 aromatic carbocycles. The molecule has 1 aromatic rings. The van der Waals surface area contributed by atoms with Crippen LogP contribution in [0.2, 0.25) is 0 Å². The average molecular weight is 183 g/mol. The Kier molecular flexibility index (Phi) is 2.12. The largest absolute Gasteiger partial charge is 0.466 e. The fourth-order valence-corrected chi connectivity index (χ4v) is 1.88. The molecule has 0 saturated carbocycles. The van der Waals surface area contributed by atoms with Crippen LogP contribution in [-0.4, -0.2) is 13.1 Å². The van der Waals surface area contributed by atoms with Crippen molar-refractivity contribution in [3.63, 3.8) is 0 Å². The minimum absolute atomic E-state index is 0.0209. The zero-order valence-electron chi connectivity index (χ0n) is 7.72. The molecule has 0 spiro atoms. The van der Waals surface area contributed by atoms with Crippen molar-refractivity contribution in [2.45, 2.75) is 19.0 Å². The second-order valence-corrected chi connectivity index (χ2v) is 3.69. The van der Waals surface area contributed by atoms with Gasteiger partial charge in [0, 0.05) is 18.9 Å². The molecule has 1 aliphatic heterocycles. The quantitative estimate of drug-likeness (QED) is 0.721. The highest BCUT2D eigenvalue weighted by atomic mass is 19.1. The molecule has 1 aromatic heterocycles. The highest BCUT2D eigenvalue weighted by Gasteiger charge is 2.42. The van der Waals surface area contributed by atoms with Gasteiger partial charge in [0.15, 0.2) is 5.67 Å². The van der Waals surface area contributed by atoms with Gasteiger partial charge >= 0.3 is 0 Å². The van der Waals surface area contributed by atoms with E-state index in [4.69, 9.17) is 4.42 Å². The van der Waals surface area contributed by atoms with Crippen molar-refractivity contribution in [3.8, 4) is 0 Å². The van der Waals surface area contributed by atoms with Crippen LogP contribution in [0.15, 0.2) is 22.8 Å². The van der Waals surface area contributed by atoms with Gasteiger partial charge in [-0.1, -0.05) is 6.92 Å². The van der Waals surface area contributed by atoms with Gasteiger partial charge in [-0.15, -0.1) is 0 Å². The fraction of sp³-hybridized carbons (Fsp3) is 0.600. The maximum Gasteiger partial charge on any atom is 0.173 e. The molecule has 13 heavy (non-hydrogen) atoms. The Labute approximate surface area is 77.1 Å². The second kappa shape index (κ2) is 3.14. The molecule has 0 amide bonds. The summed E-state index contributed by atoms with van der Waals surface area (Å²) in [6.07, 6.45) is 2.03. The molecule has 1 fully saturated rings. The number of furan rings is 1. The Morgan fingerprint density at radius 2 is 2.54 bits per heavy atom. The molecular weight excluding hydrogens is 169 g/mol. The standard InChI is InChI=1S/C10H14FNO/c1-8-7-12-5-4-10(8,11)9-3-2-6-13-9/h2-3,6,8,12H,4-5,7H2,1H3. The van der Waals surface area contributed by atoms with Crippen LogP contribution in [0.5, 0.6) is 0 Å². The summed E-state index contributed by atoms with van der Waals surface area (Å²) in [7, 11) is 0. The van der Waals surface area contributed by atoms with Gasteiger partial charge in [0.25, 0.3) is 0 Å². The van der Waals surface area contributed by atoms with E-state index in [-0.39, 0.29) is 5.92 Å². The summed E-state index contributed by atoms with van der Waals surface area (Å²) in [5, 5.41) is 3.17. The zero-order valence-corrected chi connectivity index (χ0v) is 7.72. The van der Waals surface area contributed by atoms with Gasteiger partial charge in [-0.3, -0.25) is 0 Å². The summed E-state index contributed by atoms with van der Waals surface area (Å²) in [6.45, 7) is 3.35. The summed E-state index contributed by atoms with van der Waals surface area (Å²) in [4.78, 5) is 0. The first kappa shape index (κ1) is 8.75. The predicted molar refractivity (Wildman–Crippen MR) is 48.1 cm³/mol. The van der Waals surface area contributed by atoms with E-state index in [0.29, 0.717) is 12.2 Å². The summed E-state index contributed by atoms with van der Waals surface area (Å²) in [5.41, 5.74) is -1.27. The summed E-state index contributed by atoms with van der Waals surface area (Å²) in [6, 6.07) is 3.47. The highest BCUT2D eigenvalue weighted by molar-refractivity contribution is 5.12. The first-order valence-corrected chi connectivity index (χ1v) is 4.67. The average Bonchev–Trinajstić information content (AvgIpc) is 2.63. The van der Waals surface area contributed by atoms with E-state index in [2.05, 4.69) is 5.32 Å². The number of hydrogen-bond donors (Lipinski definition) is 1. The molecule has 2 unspecified atom stereocenters. The van der Waals surface area contributed by atoms with Crippen molar-refractivity contribution in [2.24, 2.45) is 5.92 Å². The van der Waals surface area contributed by atoms with Gasteiger partial charge in [0.2, 0.25) is 0 Å². The molecule has 0 aliphatic carbocycles. The molecule has 0 radical (unpaired) electrons. The van der Waals surface area contributed by atoms with Crippen LogP contribution in [0.1, 0.15) is 19.1 Å². The van der Waals surface area contributed by atoms with Gasteiger partial charge in [-0.25, -0.2) is 4.39 Å². The van der Waals surface area contributed by atoms with Crippen molar-refractivity contribution in [2.75, 3.05) is 13.1 Å². The normalized spacial score (nSPS) is 34.8. The Morgan fingerprint density at radius 3 is 3.15 bits per heavy atom. The van der Waals surface area contributed by atoms with Gasteiger partial charge < -0.3 is 9.73 Å². The van der Waals surface area contributed by atoms with Crippen LogP contribution < -0.4 is 5.32 Å². The highest BCUT2D eigenvalue weighted by Crippen LogP contribution is 2.39. The van der Waals surface area contributed by atoms with Crippen molar-refractivity contribution in [1.82, 2.24) is 5.32 Å². The smallest absolute Gasteiger partial charge is 0.173 e. The minimum atomic E-state index is -1.27. The van der Waals surface area contributed by atoms with E-state index in [9.17, 15) is 4.39 Å². The van der Waals surface area contributed by atoms with Crippen molar-refractivity contribution in [1.29, 1.82) is 0 Å². The summed E-state index contributed by atoms with van der Waals surface area (Å²) >= 11 is 0. The van der Waals surface area contributed by atoms with Crippen LogP contribution in [-0.2, 0) is 5.67 Å². The maximum absolute atomic E-state index is 14.4. The molecule has 3 heteroatoms. The molecule has 1 aliphatic rings. The van der Waals surface area contributed by atoms with Gasteiger partial charge in [0.1, 0.15) is 5.76 Å². The Bertz CT molecular complexity index is 272. The molecular formula is C10H14FNO. The monoisotopic (exact) mass is 183 g/mol. The van der Waals surface area contributed by atoms with Crippen LogP contribution in [0.25, 0.3) is 0 Å². The number of alkyl halides is 1. The third kappa shape index (κ3) is 1.37. The molecule has 1 N–H and O–H groups in total. The molecule has 2 heterocycles. The van der Waals surface area contributed by atoms with E-state index in [0.717, 1.165) is 13.1 Å².